The molecule has 5 heteroatoms. The molecule has 0 aliphatic heterocycles. The van der Waals surface area contributed by atoms with Crippen molar-refractivity contribution in [1.29, 1.82) is 0 Å². The lowest BCUT2D eigenvalue weighted by Gasteiger charge is -2.35. The van der Waals surface area contributed by atoms with E-state index >= 15 is 0 Å². The summed E-state index contributed by atoms with van der Waals surface area (Å²) in [5, 5.41) is 0. The maximum Gasteiger partial charge on any atom is 0.411 e. The number of hydrogen-bond donors (Lipinski definition) is 0. The molecule has 0 saturated heterocycles. The first-order valence-electron chi connectivity index (χ1n) is 7.17. The zero-order chi connectivity index (χ0) is 16.0. The molecule has 0 heterocycles. The van der Waals surface area contributed by atoms with Crippen molar-refractivity contribution in [2.45, 2.75) is 66.2 Å². The van der Waals surface area contributed by atoms with Crippen LogP contribution in [0.3, 0.4) is 0 Å². The molecule has 0 N–H and O–H groups in total. The monoisotopic (exact) mass is 298 g/mol. The second kappa shape index (κ2) is 7.64. The Bertz CT molecular complexity index is 275. The van der Waals surface area contributed by atoms with E-state index in [1.165, 1.54) is 0 Å². The first-order valence-corrected chi connectivity index (χ1v) is 7.17. The molecule has 0 bridgehead atoms. The maximum atomic E-state index is 12.2. The lowest BCUT2D eigenvalue weighted by molar-refractivity contribution is -0.185. The minimum absolute atomic E-state index is 0.0600. The van der Waals surface area contributed by atoms with Crippen molar-refractivity contribution in [3.63, 3.8) is 0 Å². The maximum absolute atomic E-state index is 12.2. The molecular formula is C15H29F3O2. The van der Waals surface area contributed by atoms with Crippen LogP contribution >= 0.6 is 0 Å². The van der Waals surface area contributed by atoms with Gasteiger partial charge in [0.15, 0.2) is 0 Å². The molecule has 122 valence electrons. The molecule has 2 nitrogen and oxygen atoms in total. The van der Waals surface area contributed by atoms with Gasteiger partial charge in [0, 0.05) is 5.41 Å². The van der Waals surface area contributed by atoms with Crippen LogP contribution in [0.2, 0.25) is 0 Å². The van der Waals surface area contributed by atoms with Crippen molar-refractivity contribution in [2.75, 3.05) is 19.8 Å². The molecule has 0 rings (SSSR count). The van der Waals surface area contributed by atoms with Gasteiger partial charge in [0.25, 0.3) is 0 Å². The van der Waals surface area contributed by atoms with Crippen molar-refractivity contribution in [3.8, 4) is 0 Å². The summed E-state index contributed by atoms with van der Waals surface area (Å²) in [6, 6.07) is 0. The van der Waals surface area contributed by atoms with Crippen LogP contribution in [0.4, 0.5) is 13.2 Å². The van der Waals surface area contributed by atoms with Gasteiger partial charge in [-0.2, -0.15) is 13.2 Å². The van der Waals surface area contributed by atoms with Crippen molar-refractivity contribution < 1.29 is 22.6 Å². The van der Waals surface area contributed by atoms with Crippen LogP contribution in [0.25, 0.3) is 0 Å². The summed E-state index contributed by atoms with van der Waals surface area (Å²) in [5.74, 6) is 0.378. The second-order valence-corrected chi connectivity index (χ2v) is 6.92. The molecule has 1 unspecified atom stereocenters. The smallest absolute Gasteiger partial charge is 0.375 e. The average molecular weight is 298 g/mol. The molecule has 0 amide bonds. The molecule has 0 aromatic carbocycles. The summed E-state index contributed by atoms with van der Waals surface area (Å²) < 4.78 is 47.2. The molecule has 20 heavy (non-hydrogen) atoms. The van der Waals surface area contributed by atoms with Crippen molar-refractivity contribution >= 4 is 0 Å². The highest BCUT2D eigenvalue weighted by Gasteiger charge is 2.33. The molecule has 0 aliphatic carbocycles. The van der Waals surface area contributed by atoms with E-state index < -0.39 is 18.2 Å². The molecular weight excluding hydrogens is 269 g/mol. The summed E-state index contributed by atoms with van der Waals surface area (Å²) in [7, 11) is 0. The Balaban J connectivity index is 4.50. The van der Waals surface area contributed by atoms with Crippen LogP contribution in [0.1, 0.15) is 54.4 Å². The average Bonchev–Trinajstić information content (AvgIpc) is 2.24. The van der Waals surface area contributed by atoms with E-state index in [0.29, 0.717) is 12.5 Å². The Hall–Kier alpha value is -0.290. The molecule has 0 aromatic rings. The van der Waals surface area contributed by atoms with E-state index in [-0.39, 0.29) is 12.2 Å². The summed E-state index contributed by atoms with van der Waals surface area (Å²) in [6.07, 6.45) is -2.65. The Labute approximate surface area is 121 Å². The minimum Gasteiger partial charge on any atom is -0.375 e. The van der Waals surface area contributed by atoms with Crippen molar-refractivity contribution in [3.05, 3.63) is 0 Å². The fraction of sp³-hybridized carbons (Fsp3) is 1.00. The summed E-state index contributed by atoms with van der Waals surface area (Å²) in [5.41, 5.74) is -0.659. The van der Waals surface area contributed by atoms with Gasteiger partial charge in [-0.1, -0.05) is 27.7 Å². The first kappa shape index (κ1) is 19.7. The minimum atomic E-state index is -4.28. The number of halogens is 3. The molecule has 1 atom stereocenters. The molecule has 0 aliphatic rings. The third kappa shape index (κ3) is 9.59. The van der Waals surface area contributed by atoms with Gasteiger partial charge in [-0.05, 0) is 32.6 Å². The Morgan fingerprint density at radius 3 is 1.90 bits per heavy atom. The lowest BCUT2D eigenvalue weighted by Crippen LogP contribution is -2.36. The molecule has 0 spiro atoms. The first-order chi connectivity index (χ1) is 8.89. The van der Waals surface area contributed by atoms with Crippen LogP contribution in [-0.4, -0.2) is 31.6 Å². The van der Waals surface area contributed by atoms with Gasteiger partial charge in [0.2, 0.25) is 0 Å². The third-order valence-corrected chi connectivity index (χ3v) is 3.28. The quantitative estimate of drug-likeness (QED) is 0.607. The Morgan fingerprint density at radius 1 is 0.950 bits per heavy atom. The zero-order valence-corrected chi connectivity index (χ0v) is 13.6. The van der Waals surface area contributed by atoms with Crippen molar-refractivity contribution in [2.24, 2.45) is 11.3 Å². The number of rotatable bonds is 9. The standard InChI is InChI=1S/C15H29F3O2/c1-7-13(4,5)20-10-14(6,8-12(2)3)9-19-11-15(16,17)18/h12H,7-11H2,1-6H3. The number of ether oxygens (including phenoxy) is 2. The third-order valence-electron chi connectivity index (χ3n) is 3.28. The van der Waals surface area contributed by atoms with E-state index in [0.717, 1.165) is 12.8 Å². The highest BCUT2D eigenvalue weighted by atomic mass is 19.4. The van der Waals surface area contributed by atoms with E-state index in [1.807, 2.05) is 41.5 Å². The van der Waals surface area contributed by atoms with E-state index in [4.69, 9.17) is 9.47 Å². The van der Waals surface area contributed by atoms with Gasteiger partial charge < -0.3 is 9.47 Å². The largest absolute Gasteiger partial charge is 0.411 e. The van der Waals surface area contributed by atoms with Gasteiger partial charge in [-0.3, -0.25) is 0 Å². The molecule has 0 saturated carbocycles. The number of hydrogen-bond acceptors (Lipinski definition) is 2. The van der Waals surface area contributed by atoms with Gasteiger partial charge >= 0.3 is 6.18 Å². The van der Waals surface area contributed by atoms with Gasteiger partial charge in [0.05, 0.1) is 18.8 Å². The molecule has 0 fully saturated rings. The number of alkyl halides is 3. The lowest BCUT2D eigenvalue weighted by atomic mass is 9.83. The predicted octanol–water partition coefficient (Wildman–Crippen LogP) is 4.82. The highest BCUT2D eigenvalue weighted by Crippen LogP contribution is 2.30. The Kier molecular flexibility index (Phi) is 7.53. The summed E-state index contributed by atoms with van der Waals surface area (Å²) in [6.45, 7) is 11.3. The SMILES string of the molecule is CCC(C)(C)OCC(C)(COCC(F)(F)F)CC(C)C. The second-order valence-electron chi connectivity index (χ2n) is 6.92. The molecule has 0 aromatic heterocycles. The fourth-order valence-corrected chi connectivity index (χ4v) is 2.03. The van der Waals surface area contributed by atoms with Crippen LogP contribution < -0.4 is 0 Å². The zero-order valence-electron chi connectivity index (χ0n) is 13.6. The van der Waals surface area contributed by atoms with Crippen LogP contribution in [0, 0.1) is 11.3 Å². The topological polar surface area (TPSA) is 18.5 Å². The van der Waals surface area contributed by atoms with E-state index in [1.54, 1.807) is 0 Å². The van der Waals surface area contributed by atoms with Crippen LogP contribution in [0.15, 0.2) is 0 Å². The summed E-state index contributed by atoms with van der Waals surface area (Å²) >= 11 is 0. The van der Waals surface area contributed by atoms with E-state index in [2.05, 4.69) is 0 Å². The van der Waals surface area contributed by atoms with Gasteiger partial charge in [-0.25, -0.2) is 0 Å². The molecule has 0 radical (unpaired) electrons. The van der Waals surface area contributed by atoms with Crippen LogP contribution in [-0.2, 0) is 9.47 Å². The highest BCUT2D eigenvalue weighted by molar-refractivity contribution is 4.78. The summed E-state index contributed by atoms with van der Waals surface area (Å²) in [4.78, 5) is 0. The van der Waals surface area contributed by atoms with Gasteiger partial charge in [0.1, 0.15) is 6.61 Å². The fourth-order valence-electron chi connectivity index (χ4n) is 2.03. The predicted molar refractivity (Wildman–Crippen MR) is 74.8 cm³/mol. The van der Waals surface area contributed by atoms with Gasteiger partial charge in [-0.15, -0.1) is 0 Å². The van der Waals surface area contributed by atoms with Crippen molar-refractivity contribution in [1.82, 2.24) is 0 Å². The Morgan fingerprint density at radius 2 is 1.50 bits per heavy atom. The normalized spacial score (nSPS) is 16.5. The van der Waals surface area contributed by atoms with E-state index in [9.17, 15) is 13.2 Å². The van der Waals surface area contributed by atoms with Crippen LogP contribution in [0.5, 0.6) is 0 Å².